The third-order valence-corrected chi connectivity index (χ3v) is 4.48. The third kappa shape index (κ3) is 2.44. The molecule has 3 rings (SSSR count). The molecule has 0 bridgehead atoms. The Labute approximate surface area is 126 Å². The molecule has 1 unspecified atom stereocenters. The summed E-state index contributed by atoms with van der Waals surface area (Å²) in [6.45, 7) is 8.66. The number of aromatic nitrogens is 1. The quantitative estimate of drug-likeness (QED) is 0.783. The summed E-state index contributed by atoms with van der Waals surface area (Å²) < 4.78 is 2.26. The molecule has 0 aliphatic heterocycles. The number of rotatable bonds is 2. The van der Waals surface area contributed by atoms with Crippen molar-refractivity contribution in [2.75, 3.05) is 0 Å². The minimum atomic E-state index is 0.296. The van der Waals surface area contributed by atoms with Gasteiger partial charge < -0.3 is 4.57 Å². The van der Waals surface area contributed by atoms with Gasteiger partial charge in [0.1, 0.15) is 0 Å². The summed E-state index contributed by atoms with van der Waals surface area (Å²) in [5, 5.41) is 0. The van der Waals surface area contributed by atoms with E-state index >= 15 is 0 Å². The molecule has 1 heterocycles. The Balaban J connectivity index is 2.09. The average Bonchev–Trinajstić information content (AvgIpc) is 2.75. The van der Waals surface area contributed by atoms with E-state index in [9.17, 15) is 4.79 Å². The molecule has 0 fully saturated rings. The molecule has 2 heteroatoms. The Bertz CT molecular complexity index is 676. The second kappa shape index (κ2) is 5.18. The molecule has 0 saturated carbocycles. The monoisotopic (exact) mass is 281 g/mol. The molecular weight excluding hydrogens is 258 g/mol. The first kappa shape index (κ1) is 14.1. The Kier molecular flexibility index (Phi) is 3.48. The molecule has 1 aromatic heterocycles. The molecule has 21 heavy (non-hydrogen) atoms. The highest BCUT2D eigenvalue weighted by atomic mass is 16.1. The van der Waals surface area contributed by atoms with E-state index in [0.29, 0.717) is 24.0 Å². The van der Waals surface area contributed by atoms with Crippen molar-refractivity contribution in [2.24, 2.45) is 5.92 Å². The van der Waals surface area contributed by atoms with Gasteiger partial charge in [-0.25, -0.2) is 0 Å². The molecule has 0 radical (unpaired) electrons. The van der Waals surface area contributed by atoms with Crippen LogP contribution in [-0.2, 0) is 6.42 Å². The zero-order valence-corrected chi connectivity index (χ0v) is 13.3. The predicted molar refractivity (Wildman–Crippen MR) is 86.4 cm³/mol. The lowest BCUT2D eigenvalue weighted by Crippen LogP contribution is -2.19. The van der Waals surface area contributed by atoms with Crippen LogP contribution in [0.4, 0.5) is 0 Å². The van der Waals surface area contributed by atoms with Gasteiger partial charge in [-0.2, -0.15) is 0 Å². The summed E-state index contributed by atoms with van der Waals surface area (Å²) in [4.78, 5) is 12.2. The standard InChI is InChI=1S/C19H23NO/c1-12(2)15-5-7-16(8-6-15)20-14(4)11-17-18(20)9-13(3)10-19(17)21/h5-8,11-13H,9-10H2,1-4H3. The second-order valence-corrected chi connectivity index (χ2v) is 6.66. The average molecular weight is 281 g/mol. The van der Waals surface area contributed by atoms with Gasteiger partial charge in [-0.05, 0) is 48.9 Å². The minimum Gasteiger partial charge on any atom is -0.317 e. The number of hydrogen-bond acceptors (Lipinski definition) is 1. The molecule has 110 valence electrons. The molecule has 1 aromatic carbocycles. The Morgan fingerprint density at radius 3 is 2.43 bits per heavy atom. The predicted octanol–water partition coefficient (Wildman–Crippen LogP) is 4.67. The molecule has 1 aliphatic rings. The fourth-order valence-electron chi connectivity index (χ4n) is 3.33. The molecule has 0 spiro atoms. The first-order valence-electron chi connectivity index (χ1n) is 7.82. The number of benzene rings is 1. The lowest BCUT2D eigenvalue weighted by Gasteiger charge is -2.21. The van der Waals surface area contributed by atoms with Gasteiger partial charge in [0.05, 0.1) is 0 Å². The molecule has 1 atom stereocenters. The van der Waals surface area contributed by atoms with Crippen LogP contribution in [0.5, 0.6) is 0 Å². The van der Waals surface area contributed by atoms with Crippen molar-refractivity contribution < 1.29 is 4.79 Å². The van der Waals surface area contributed by atoms with Crippen LogP contribution in [-0.4, -0.2) is 10.4 Å². The van der Waals surface area contributed by atoms with Crippen LogP contribution in [0.15, 0.2) is 30.3 Å². The largest absolute Gasteiger partial charge is 0.317 e. The van der Waals surface area contributed by atoms with E-state index in [1.165, 1.54) is 16.9 Å². The second-order valence-electron chi connectivity index (χ2n) is 6.66. The van der Waals surface area contributed by atoms with Crippen molar-refractivity contribution in [3.63, 3.8) is 0 Å². The van der Waals surface area contributed by atoms with E-state index in [2.05, 4.69) is 62.6 Å². The summed E-state index contributed by atoms with van der Waals surface area (Å²) >= 11 is 0. The van der Waals surface area contributed by atoms with E-state index < -0.39 is 0 Å². The number of ketones is 1. The summed E-state index contributed by atoms with van der Waals surface area (Å²) in [5.41, 5.74) is 5.79. The fraction of sp³-hybridized carbons (Fsp3) is 0.421. The summed E-state index contributed by atoms with van der Waals surface area (Å²) in [5.74, 6) is 1.28. The van der Waals surface area contributed by atoms with E-state index in [0.717, 1.165) is 17.7 Å². The molecule has 2 aromatic rings. The van der Waals surface area contributed by atoms with Crippen molar-refractivity contribution in [2.45, 2.75) is 46.5 Å². The zero-order valence-electron chi connectivity index (χ0n) is 13.3. The number of nitrogens with zero attached hydrogens (tertiary/aromatic N) is 1. The molecule has 1 aliphatic carbocycles. The van der Waals surface area contributed by atoms with Crippen molar-refractivity contribution in [1.82, 2.24) is 4.57 Å². The highest BCUT2D eigenvalue weighted by Crippen LogP contribution is 2.31. The highest BCUT2D eigenvalue weighted by molar-refractivity contribution is 5.98. The van der Waals surface area contributed by atoms with Crippen LogP contribution >= 0.6 is 0 Å². The highest BCUT2D eigenvalue weighted by Gasteiger charge is 2.27. The Hall–Kier alpha value is -1.83. The van der Waals surface area contributed by atoms with Gasteiger partial charge in [0.2, 0.25) is 0 Å². The van der Waals surface area contributed by atoms with Crippen molar-refractivity contribution in [3.05, 3.63) is 52.8 Å². The lowest BCUT2D eigenvalue weighted by molar-refractivity contribution is 0.0952. The first-order chi connectivity index (χ1) is 9.97. The molecule has 2 nitrogen and oxygen atoms in total. The number of carbonyl (C=O) groups excluding carboxylic acids is 1. The van der Waals surface area contributed by atoms with Gasteiger partial charge >= 0.3 is 0 Å². The number of carbonyl (C=O) groups is 1. The SMILES string of the molecule is Cc1cc2c(n1-c1ccc(C(C)C)cc1)CC(C)CC2=O. The van der Waals surface area contributed by atoms with E-state index in [4.69, 9.17) is 0 Å². The maximum atomic E-state index is 12.2. The van der Waals surface area contributed by atoms with Crippen LogP contribution in [0.3, 0.4) is 0 Å². The topological polar surface area (TPSA) is 22.0 Å². The minimum absolute atomic E-state index is 0.296. The van der Waals surface area contributed by atoms with Gasteiger partial charge in [-0.3, -0.25) is 4.79 Å². The van der Waals surface area contributed by atoms with Crippen molar-refractivity contribution >= 4 is 5.78 Å². The number of Topliss-reactive ketones (excluding diaryl/α,β-unsaturated/α-hetero) is 1. The number of aryl methyl sites for hydroxylation is 1. The van der Waals surface area contributed by atoms with Gasteiger partial charge in [-0.1, -0.05) is 32.9 Å². The number of hydrogen-bond donors (Lipinski definition) is 0. The van der Waals surface area contributed by atoms with Crippen LogP contribution < -0.4 is 0 Å². The molecule has 0 N–H and O–H groups in total. The normalized spacial score (nSPS) is 18.1. The van der Waals surface area contributed by atoms with Crippen LogP contribution in [0, 0.1) is 12.8 Å². The smallest absolute Gasteiger partial charge is 0.164 e. The van der Waals surface area contributed by atoms with Gasteiger partial charge in [0.25, 0.3) is 0 Å². The molecule has 0 saturated heterocycles. The van der Waals surface area contributed by atoms with E-state index in [1.54, 1.807) is 0 Å². The Morgan fingerprint density at radius 2 is 1.81 bits per heavy atom. The maximum absolute atomic E-state index is 12.2. The Morgan fingerprint density at radius 1 is 1.14 bits per heavy atom. The summed E-state index contributed by atoms with van der Waals surface area (Å²) in [6, 6.07) is 10.8. The fourth-order valence-corrected chi connectivity index (χ4v) is 3.33. The van der Waals surface area contributed by atoms with Gasteiger partial charge in [0, 0.05) is 29.1 Å². The lowest BCUT2D eigenvalue weighted by atomic mass is 9.88. The zero-order chi connectivity index (χ0) is 15.1. The summed E-state index contributed by atoms with van der Waals surface area (Å²) in [6.07, 6.45) is 1.67. The van der Waals surface area contributed by atoms with E-state index in [-0.39, 0.29) is 0 Å². The third-order valence-electron chi connectivity index (χ3n) is 4.48. The first-order valence-corrected chi connectivity index (χ1v) is 7.82. The van der Waals surface area contributed by atoms with Crippen molar-refractivity contribution in [1.29, 1.82) is 0 Å². The van der Waals surface area contributed by atoms with Gasteiger partial charge in [0.15, 0.2) is 5.78 Å². The van der Waals surface area contributed by atoms with Crippen LogP contribution in [0.1, 0.15) is 60.4 Å². The van der Waals surface area contributed by atoms with Gasteiger partial charge in [-0.15, -0.1) is 0 Å². The molecule has 0 amide bonds. The molecular formula is C19H23NO. The summed E-state index contributed by atoms with van der Waals surface area (Å²) in [7, 11) is 0. The van der Waals surface area contributed by atoms with Crippen LogP contribution in [0.25, 0.3) is 5.69 Å². The maximum Gasteiger partial charge on any atom is 0.164 e. The number of fused-ring (bicyclic) bond motifs is 1. The van der Waals surface area contributed by atoms with E-state index in [1.807, 2.05) is 0 Å². The van der Waals surface area contributed by atoms with Crippen molar-refractivity contribution in [3.8, 4) is 5.69 Å². The van der Waals surface area contributed by atoms with Crippen LogP contribution in [0.2, 0.25) is 0 Å².